The molecule has 1 aromatic heterocycles. The van der Waals surface area contributed by atoms with Crippen LogP contribution in [0.15, 0.2) is 47.0 Å². The van der Waals surface area contributed by atoms with Gasteiger partial charge in [0.05, 0.1) is 5.92 Å². The van der Waals surface area contributed by atoms with Crippen LogP contribution in [-0.2, 0) is 4.79 Å². The van der Waals surface area contributed by atoms with Gasteiger partial charge in [-0.25, -0.2) is 0 Å². The van der Waals surface area contributed by atoms with Crippen molar-refractivity contribution in [3.05, 3.63) is 54.2 Å². The molecule has 26 heavy (non-hydrogen) atoms. The summed E-state index contributed by atoms with van der Waals surface area (Å²) in [5.74, 6) is 2.05. The van der Waals surface area contributed by atoms with Gasteiger partial charge in [0.2, 0.25) is 5.89 Å². The molecule has 134 valence electrons. The van der Waals surface area contributed by atoms with E-state index in [0.29, 0.717) is 24.0 Å². The van der Waals surface area contributed by atoms with Crippen molar-refractivity contribution in [1.82, 2.24) is 15.0 Å². The number of carbonyl (C=O) groups excluding carboxylic acids is 1. The van der Waals surface area contributed by atoms with E-state index in [0.717, 1.165) is 30.2 Å². The van der Waals surface area contributed by atoms with Crippen molar-refractivity contribution < 1.29 is 14.1 Å². The second kappa shape index (κ2) is 7.15. The summed E-state index contributed by atoms with van der Waals surface area (Å²) in [5, 5.41) is 6.10. The Bertz CT molecular complexity index is 921. The van der Waals surface area contributed by atoms with Crippen LogP contribution < -0.4 is 4.74 Å². The fraction of sp³-hybridized carbons (Fsp3) is 0.350. The summed E-state index contributed by atoms with van der Waals surface area (Å²) in [5.41, 5.74) is 0. The SMILES string of the molecule is Cc1noc([C@H]2CCCN(C(=O)COc3ccc4ccccc4c3)C2)n1. The number of nitrogens with zero attached hydrogens (tertiary/aromatic N) is 3. The predicted molar refractivity (Wildman–Crippen MR) is 97.0 cm³/mol. The molecule has 2 heterocycles. The van der Waals surface area contributed by atoms with Crippen molar-refractivity contribution in [3.63, 3.8) is 0 Å². The van der Waals surface area contributed by atoms with E-state index in [9.17, 15) is 4.79 Å². The van der Waals surface area contributed by atoms with Crippen LogP contribution in [0.1, 0.15) is 30.5 Å². The Balaban J connectivity index is 1.37. The van der Waals surface area contributed by atoms with Gasteiger partial charge in [-0.05, 0) is 42.7 Å². The molecule has 3 aromatic rings. The molecule has 4 rings (SSSR count). The zero-order valence-corrected chi connectivity index (χ0v) is 14.7. The first kappa shape index (κ1) is 16.6. The molecule has 0 spiro atoms. The highest BCUT2D eigenvalue weighted by Crippen LogP contribution is 2.26. The molecule has 0 N–H and O–H groups in total. The molecular weight excluding hydrogens is 330 g/mol. The molecule has 1 atom stereocenters. The number of piperidine rings is 1. The van der Waals surface area contributed by atoms with E-state index in [4.69, 9.17) is 9.26 Å². The summed E-state index contributed by atoms with van der Waals surface area (Å²) < 4.78 is 11.0. The molecule has 0 aliphatic carbocycles. The molecule has 1 fully saturated rings. The van der Waals surface area contributed by atoms with Gasteiger partial charge in [-0.1, -0.05) is 35.5 Å². The lowest BCUT2D eigenvalue weighted by atomic mass is 9.98. The van der Waals surface area contributed by atoms with Crippen LogP contribution in [0.5, 0.6) is 5.75 Å². The minimum absolute atomic E-state index is 0.0147. The molecule has 6 heteroatoms. The normalized spacial score (nSPS) is 17.4. The number of aryl methyl sites for hydroxylation is 1. The van der Waals surface area contributed by atoms with Gasteiger partial charge in [0.25, 0.3) is 5.91 Å². The summed E-state index contributed by atoms with van der Waals surface area (Å²) in [6.07, 6.45) is 1.88. The predicted octanol–water partition coefficient (Wildman–Crippen LogP) is 3.32. The van der Waals surface area contributed by atoms with Crippen molar-refractivity contribution in [2.75, 3.05) is 19.7 Å². The Kier molecular flexibility index (Phi) is 4.56. The molecule has 1 amide bonds. The molecule has 0 unspecified atom stereocenters. The number of likely N-dealkylation sites (tertiary alicyclic amines) is 1. The minimum atomic E-state index is -0.0147. The third-order valence-corrected chi connectivity index (χ3v) is 4.75. The third-order valence-electron chi connectivity index (χ3n) is 4.75. The summed E-state index contributed by atoms with van der Waals surface area (Å²) in [4.78, 5) is 18.7. The molecule has 0 saturated carbocycles. The van der Waals surface area contributed by atoms with Crippen LogP contribution in [0.4, 0.5) is 0 Å². The van der Waals surface area contributed by atoms with Crippen LogP contribution in [0.3, 0.4) is 0 Å². The van der Waals surface area contributed by atoms with Gasteiger partial charge in [0.15, 0.2) is 12.4 Å². The topological polar surface area (TPSA) is 68.5 Å². The van der Waals surface area contributed by atoms with Gasteiger partial charge in [-0.2, -0.15) is 4.98 Å². The van der Waals surface area contributed by atoms with E-state index in [1.807, 2.05) is 41.3 Å². The summed E-state index contributed by atoms with van der Waals surface area (Å²) >= 11 is 0. The van der Waals surface area contributed by atoms with Gasteiger partial charge in [0, 0.05) is 13.1 Å². The first-order chi connectivity index (χ1) is 12.7. The van der Waals surface area contributed by atoms with Crippen LogP contribution in [0.25, 0.3) is 10.8 Å². The van der Waals surface area contributed by atoms with Gasteiger partial charge < -0.3 is 14.2 Å². The van der Waals surface area contributed by atoms with Crippen LogP contribution in [-0.4, -0.2) is 40.6 Å². The number of fused-ring (bicyclic) bond motifs is 1. The van der Waals surface area contributed by atoms with E-state index in [1.54, 1.807) is 6.92 Å². The van der Waals surface area contributed by atoms with Gasteiger partial charge >= 0.3 is 0 Å². The molecule has 0 radical (unpaired) electrons. The van der Waals surface area contributed by atoms with E-state index in [1.165, 1.54) is 0 Å². The van der Waals surface area contributed by atoms with E-state index in [2.05, 4.69) is 16.2 Å². The Morgan fingerprint density at radius 3 is 2.92 bits per heavy atom. The average molecular weight is 351 g/mol. The van der Waals surface area contributed by atoms with Crippen LogP contribution >= 0.6 is 0 Å². The average Bonchev–Trinajstić information content (AvgIpc) is 3.12. The largest absolute Gasteiger partial charge is 0.484 e. The number of hydrogen-bond donors (Lipinski definition) is 0. The van der Waals surface area contributed by atoms with Gasteiger partial charge in [-0.3, -0.25) is 4.79 Å². The van der Waals surface area contributed by atoms with Crippen molar-refractivity contribution in [1.29, 1.82) is 0 Å². The molecule has 2 aromatic carbocycles. The molecule has 0 bridgehead atoms. The number of aromatic nitrogens is 2. The summed E-state index contributed by atoms with van der Waals surface area (Å²) in [7, 11) is 0. The molecule has 1 aliphatic heterocycles. The first-order valence-electron chi connectivity index (χ1n) is 8.88. The zero-order chi connectivity index (χ0) is 17.9. The number of rotatable bonds is 4. The fourth-order valence-corrected chi connectivity index (χ4v) is 3.38. The Labute approximate surface area is 151 Å². The van der Waals surface area contributed by atoms with E-state index in [-0.39, 0.29) is 18.4 Å². The lowest BCUT2D eigenvalue weighted by Crippen LogP contribution is -2.41. The maximum atomic E-state index is 12.6. The lowest BCUT2D eigenvalue weighted by molar-refractivity contribution is -0.134. The van der Waals surface area contributed by atoms with Gasteiger partial charge in [-0.15, -0.1) is 0 Å². The van der Waals surface area contributed by atoms with E-state index < -0.39 is 0 Å². The lowest BCUT2D eigenvalue weighted by Gasteiger charge is -2.30. The Morgan fingerprint density at radius 2 is 2.12 bits per heavy atom. The highest BCUT2D eigenvalue weighted by atomic mass is 16.5. The standard InChI is InChI=1S/C20H21N3O3/c1-14-21-20(26-22-14)17-7-4-10-23(12-17)19(24)13-25-18-9-8-15-5-2-3-6-16(15)11-18/h2-3,5-6,8-9,11,17H,4,7,10,12-13H2,1H3/t17-/m0/s1. The third kappa shape index (κ3) is 3.54. The second-order valence-corrected chi connectivity index (χ2v) is 6.66. The number of ether oxygens (including phenoxy) is 1. The van der Waals surface area contributed by atoms with E-state index >= 15 is 0 Å². The van der Waals surface area contributed by atoms with Crippen molar-refractivity contribution in [3.8, 4) is 5.75 Å². The summed E-state index contributed by atoms with van der Waals surface area (Å²) in [6, 6.07) is 13.9. The molecule has 6 nitrogen and oxygen atoms in total. The quantitative estimate of drug-likeness (QED) is 0.721. The zero-order valence-electron chi connectivity index (χ0n) is 14.7. The highest BCUT2D eigenvalue weighted by Gasteiger charge is 2.28. The maximum absolute atomic E-state index is 12.6. The minimum Gasteiger partial charge on any atom is -0.484 e. The highest BCUT2D eigenvalue weighted by molar-refractivity contribution is 5.84. The maximum Gasteiger partial charge on any atom is 0.260 e. The molecule has 1 aliphatic rings. The van der Waals surface area contributed by atoms with Crippen molar-refractivity contribution in [2.45, 2.75) is 25.7 Å². The molecular formula is C20H21N3O3. The number of benzene rings is 2. The monoisotopic (exact) mass is 351 g/mol. The molecule has 1 saturated heterocycles. The first-order valence-corrected chi connectivity index (χ1v) is 8.88. The smallest absolute Gasteiger partial charge is 0.260 e. The Hall–Kier alpha value is -2.89. The number of hydrogen-bond acceptors (Lipinski definition) is 5. The van der Waals surface area contributed by atoms with Crippen LogP contribution in [0.2, 0.25) is 0 Å². The second-order valence-electron chi connectivity index (χ2n) is 6.66. The van der Waals surface area contributed by atoms with Crippen molar-refractivity contribution in [2.24, 2.45) is 0 Å². The van der Waals surface area contributed by atoms with Crippen LogP contribution in [0, 0.1) is 6.92 Å². The fourth-order valence-electron chi connectivity index (χ4n) is 3.38. The van der Waals surface area contributed by atoms with Gasteiger partial charge in [0.1, 0.15) is 5.75 Å². The summed E-state index contributed by atoms with van der Waals surface area (Å²) in [6.45, 7) is 3.18. The number of amides is 1. The Morgan fingerprint density at radius 1 is 1.27 bits per heavy atom. The van der Waals surface area contributed by atoms with Crippen molar-refractivity contribution >= 4 is 16.7 Å². The number of carbonyl (C=O) groups is 1.